The van der Waals surface area contributed by atoms with Crippen molar-refractivity contribution in [1.82, 2.24) is 20.6 Å². The van der Waals surface area contributed by atoms with E-state index in [9.17, 15) is 0 Å². The van der Waals surface area contributed by atoms with Crippen LogP contribution in [0.5, 0.6) is 0 Å². The number of hydrogen-bond acceptors (Lipinski definition) is 6. The largest absolute Gasteiger partial charge is 0.367 e. The number of H-pyrrole nitrogens is 1. The summed E-state index contributed by atoms with van der Waals surface area (Å²) in [6.07, 6.45) is 0. The van der Waals surface area contributed by atoms with Crippen LogP contribution in [0.2, 0.25) is 0 Å². The molecule has 0 aliphatic rings. The number of aromatic amines is 1. The molecule has 0 fully saturated rings. The van der Waals surface area contributed by atoms with Gasteiger partial charge in [0.2, 0.25) is 5.95 Å². The second-order valence-corrected chi connectivity index (χ2v) is 1.07. The van der Waals surface area contributed by atoms with Crippen molar-refractivity contribution < 1.29 is 5.03 Å². The van der Waals surface area contributed by atoms with Crippen LogP contribution in [0.15, 0.2) is 0 Å². The Kier molecular flexibility index (Phi) is 3.23. The zero-order chi connectivity index (χ0) is 7.98. The first-order valence-electron chi connectivity index (χ1n) is 2.01. The Morgan fingerprint density at radius 2 is 2.20 bits per heavy atom. The molecular formula is CH5N7O2. The lowest BCUT2D eigenvalue weighted by atomic mass is 11.2. The lowest BCUT2D eigenvalue weighted by Crippen LogP contribution is -2.04. The predicted molar refractivity (Wildman–Crippen MR) is 29.8 cm³/mol. The standard InChI is InChI=1S/CH3N5.H2N2O2/c2-1-3-5-6-4-1;1-2(3)4/h(H3,2,3,4,5,6);1H2. The maximum Gasteiger partial charge on any atom is 0.237 e. The summed E-state index contributed by atoms with van der Waals surface area (Å²) < 4.78 is 0. The maximum absolute atomic E-state index is 8.58. The normalized spacial score (nSPS) is 7.60. The number of anilines is 1. The van der Waals surface area contributed by atoms with Crippen LogP contribution in [-0.4, -0.2) is 25.7 Å². The van der Waals surface area contributed by atoms with Gasteiger partial charge in [0.05, 0.1) is 0 Å². The highest BCUT2D eigenvalue weighted by molar-refractivity contribution is 5.05. The van der Waals surface area contributed by atoms with Gasteiger partial charge in [-0.3, -0.25) is 0 Å². The van der Waals surface area contributed by atoms with Gasteiger partial charge in [-0.2, -0.15) is 5.84 Å². The van der Waals surface area contributed by atoms with E-state index < -0.39 is 5.03 Å². The monoisotopic (exact) mass is 147 g/mol. The van der Waals surface area contributed by atoms with Crippen LogP contribution in [0, 0.1) is 10.1 Å². The predicted octanol–water partition coefficient (Wildman–Crippen LogP) is -2.08. The number of nitrogens with two attached hydrogens (primary N) is 2. The van der Waals surface area contributed by atoms with Gasteiger partial charge >= 0.3 is 0 Å². The fourth-order valence-electron chi connectivity index (χ4n) is 0.166. The van der Waals surface area contributed by atoms with Crippen molar-refractivity contribution in [3.63, 3.8) is 0 Å². The van der Waals surface area contributed by atoms with Gasteiger partial charge in [-0.05, 0) is 10.4 Å². The first-order chi connectivity index (χ1) is 4.63. The van der Waals surface area contributed by atoms with Crippen LogP contribution in [-0.2, 0) is 0 Å². The Balaban J connectivity index is 0.000000180. The van der Waals surface area contributed by atoms with E-state index in [1.165, 1.54) is 0 Å². The number of rotatable bonds is 0. The minimum Gasteiger partial charge on any atom is -0.367 e. The van der Waals surface area contributed by atoms with E-state index in [1.807, 2.05) is 0 Å². The second-order valence-electron chi connectivity index (χ2n) is 1.07. The fraction of sp³-hybridized carbons (Fsp3) is 0. The summed E-state index contributed by atoms with van der Waals surface area (Å²) in [5.74, 6) is 4.08. The zero-order valence-electron chi connectivity index (χ0n) is 4.76. The van der Waals surface area contributed by atoms with Crippen molar-refractivity contribution in [2.75, 3.05) is 5.73 Å². The van der Waals surface area contributed by atoms with Crippen molar-refractivity contribution in [3.05, 3.63) is 10.1 Å². The quantitative estimate of drug-likeness (QED) is 0.216. The molecule has 1 aromatic rings. The molecule has 0 unspecified atom stereocenters. The number of nitro groups is 1. The Labute approximate surface area is 54.5 Å². The van der Waals surface area contributed by atoms with Crippen LogP contribution in [0.4, 0.5) is 5.95 Å². The van der Waals surface area contributed by atoms with E-state index >= 15 is 0 Å². The van der Waals surface area contributed by atoms with Crippen LogP contribution in [0.25, 0.3) is 0 Å². The van der Waals surface area contributed by atoms with E-state index in [0.29, 0.717) is 0 Å². The smallest absolute Gasteiger partial charge is 0.237 e. The third-order valence-electron chi connectivity index (χ3n) is 0.362. The second kappa shape index (κ2) is 4.00. The van der Waals surface area contributed by atoms with Crippen molar-refractivity contribution in [2.45, 2.75) is 0 Å². The van der Waals surface area contributed by atoms with Gasteiger partial charge in [-0.25, -0.2) is 15.2 Å². The number of nitrogens with zero attached hydrogens (tertiary/aromatic N) is 4. The minimum absolute atomic E-state index is 0.245. The average molecular weight is 147 g/mol. The van der Waals surface area contributed by atoms with Crippen molar-refractivity contribution in [2.24, 2.45) is 5.84 Å². The molecule has 1 heterocycles. The number of tetrazole rings is 1. The third kappa shape index (κ3) is 6.07. The molecule has 0 aliphatic heterocycles. The lowest BCUT2D eigenvalue weighted by Gasteiger charge is -1.65. The number of nitrogen functional groups attached to an aromatic ring is 1. The van der Waals surface area contributed by atoms with E-state index in [-0.39, 0.29) is 5.95 Å². The summed E-state index contributed by atoms with van der Waals surface area (Å²) in [5.41, 5.74) is 4.99. The van der Waals surface area contributed by atoms with Crippen LogP contribution in [0.3, 0.4) is 0 Å². The van der Waals surface area contributed by atoms with E-state index in [2.05, 4.69) is 26.5 Å². The summed E-state index contributed by atoms with van der Waals surface area (Å²) in [6, 6.07) is 0. The SMILES string of the molecule is N[N+](=O)[O-].Nc1nnn[nH]1. The number of hydrazine groups is 1. The van der Waals surface area contributed by atoms with Crippen molar-refractivity contribution in [1.29, 1.82) is 0 Å². The number of nitrogens with one attached hydrogen (secondary N) is 1. The molecular weight excluding hydrogens is 142 g/mol. The molecule has 9 nitrogen and oxygen atoms in total. The molecule has 0 radical (unpaired) electrons. The van der Waals surface area contributed by atoms with Gasteiger partial charge in [0.15, 0.2) is 5.03 Å². The van der Waals surface area contributed by atoms with Crippen LogP contribution in [0.1, 0.15) is 0 Å². The van der Waals surface area contributed by atoms with E-state index in [1.54, 1.807) is 0 Å². The summed E-state index contributed by atoms with van der Waals surface area (Å²) in [5, 5.41) is 19.5. The van der Waals surface area contributed by atoms with Crippen molar-refractivity contribution in [3.8, 4) is 0 Å². The molecule has 0 aromatic carbocycles. The van der Waals surface area contributed by atoms with Gasteiger partial charge in [0, 0.05) is 0 Å². The molecule has 5 N–H and O–H groups in total. The molecule has 0 spiro atoms. The van der Waals surface area contributed by atoms with Gasteiger partial charge in [0.1, 0.15) is 0 Å². The van der Waals surface area contributed by atoms with Gasteiger partial charge in [0.25, 0.3) is 0 Å². The molecule has 0 bridgehead atoms. The fourth-order valence-corrected chi connectivity index (χ4v) is 0.166. The van der Waals surface area contributed by atoms with Crippen LogP contribution >= 0.6 is 0 Å². The molecule has 9 heteroatoms. The van der Waals surface area contributed by atoms with Crippen LogP contribution < -0.4 is 11.6 Å². The molecule has 0 saturated heterocycles. The molecule has 1 rings (SSSR count). The molecule has 0 aliphatic carbocycles. The molecule has 0 saturated carbocycles. The molecule has 56 valence electrons. The summed E-state index contributed by atoms with van der Waals surface area (Å²) in [4.78, 5) is 8.58. The minimum atomic E-state index is -1.00. The highest BCUT2D eigenvalue weighted by Crippen LogP contribution is 1.72. The number of hydrogen-bond donors (Lipinski definition) is 3. The Morgan fingerprint density at radius 1 is 1.70 bits per heavy atom. The lowest BCUT2D eigenvalue weighted by molar-refractivity contribution is -0.491. The highest BCUT2D eigenvalue weighted by Gasteiger charge is 1.77. The Hall–Kier alpha value is -1.93. The molecule has 10 heavy (non-hydrogen) atoms. The van der Waals surface area contributed by atoms with Crippen molar-refractivity contribution >= 4 is 5.95 Å². The Bertz CT molecular complexity index is 175. The summed E-state index contributed by atoms with van der Waals surface area (Å²) >= 11 is 0. The third-order valence-corrected chi connectivity index (χ3v) is 0.362. The average Bonchev–Trinajstić information content (AvgIpc) is 2.15. The van der Waals surface area contributed by atoms with E-state index in [4.69, 9.17) is 15.8 Å². The first-order valence-corrected chi connectivity index (χ1v) is 2.01. The zero-order valence-corrected chi connectivity index (χ0v) is 4.76. The first kappa shape index (κ1) is 8.07. The Morgan fingerprint density at radius 3 is 2.30 bits per heavy atom. The van der Waals surface area contributed by atoms with Gasteiger partial charge in [-0.1, -0.05) is 5.10 Å². The molecule has 0 atom stereocenters. The molecule has 0 amide bonds. The number of aromatic nitrogens is 4. The highest BCUT2D eigenvalue weighted by atomic mass is 16.7. The van der Waals surface area contributed by atoms with Gasteiger partial charge < -0.3 is 5.73 Å². The van der Waals surface area contributed by atoms with E-state index in [0.717, 1.165) is 0 Å². The molecule has 1 aromatic heterocycles. The maximum atomic E-state index is 8.58. The topological polar surface area (TPSA) is 150 Å². The summed E-state index contributed by atoms with van der Waals surface area (Å²) in [6.45, 7) is 0. The summed E-state index contributed by atoms with van der Waals surface area (Å²) in [7, 11) is 0. The van der Waals surface area contributed by atoms with Gasteiger partial charge in [-0.15, -0.1) is 0 Å².